The maximum Gasteiger partial charge on any atom is 0.389 e. The molecule has 98 valence electrons. The van der Waals surface area contributed by atoms with Gasteiger partial charge in [-0.05, 0) is 19.3 Å². The van der Waals surface area contributed by atoms with Crippen molar-refractivity contribution in [3.05, 3.63) is 0 Å². The highest BCUT2D eigenvalue weighted by Crippen LogP contribution is 2.23. The van der Waals surface area contributed by atoms with Gasteiger partial charge >= 0.3 is 6.18 Å². The average Bonchev–Trinajstić information content (AvgIpc) is 2.20. The lowest BCUT2D eigenvalue weighted by atomic mass is 10.1. The van der Waals surface area contributed by atoms with Crippen LogP contribution in [0.1, 0.15) is 39.5 Å². The van der Waals surface area contributed by atoms with Crippen molar-refractivity contribution in [3.8, 4) is 0 Å². The van der Waals surface area contributed by atoms with Crippen LogP contribution >= 0.6 is 11.8 Å². The molecule has 0 spiro atoms. The number of rotatable bonds is 8. The molecule has 0 aromatic carbocycles. The van der Waals surface area contributed by atoms with Gasteiger partial charge in [0.05, 0.1) is 0 Å². The Balaban J connectivity index is 3.67. The highest BCUT2D eigenvalue weighted by molar-refractivity contribution is 7.99. The predicted octanol–water partition coefficient (Wildman–Crippen LogP) is 3.08. The lowest BCUT2D eigenvalue weighted by molar-refractivity contribution is -0.135. The fraction of sp³-hybridized carbons (Fsp3) is 1.00. The minimum absolute atomic E-state index is 0.0265. The summed E-state index contributed by atoms with van der Waals surface area (Å²) in [5.41, 5.74) is 2.58. The van der Waals surface area contributed by atoms with Crippen molar-refractivity contribution < 1.29 is 13.2 Å². The molecule has 0 aliphatic heterocycles. The monoisotopic (exact) mass is 258 g/mol. The summed E-state index contributed by atoms with van der Waals surface area (Å²) in [6.45, 7) is 4.19. The van der Waals surface area contributed by atoms with Crippen LogP contribution in [0.3, 0.4) is 0 Å². The zero-order chi connectivity index (χ0) is 12.6. The molecule has 0 aromatic rings. The van der Waals surface area contributed by atoms with E-state index in [0.29, 0.717) is 11.7 Å². The predicted molar refractivity (Wildman–Crippen MR) is 63.2 cm³/mol. The molecule has 2 atom stereocenters. The molecule has 2 unspecified atom stereocenters. The summed E-state index contributed by atoms with van der Waals surface area (Å²) >= 11 is 1.74. The van der Waals surface area contributed by atoms with Crippen LogP contribution < -0.4 is 11.3 Å². The normalized spacial score (nSPS) is 16.1. The molecule has 0 aliphatic rings. The third-order valence-corrected chi connectivity index (χ3v) is 3.90. The summed E-state index contributed by atoms with van der Waals surface area (Å²) in [5, 5.41) is 0.526. The van der Waals surface area contributed by atoms with Crippen LogP contribution in [-0.2, 0) is 0 Å². The van der Waals surface area contributed by atoms with Gasteiger partial charge in [0, 0.05) is 23.5 Å². The Kier molecular flexibility index (Phi) is 8.23. The van der Waals surface area contributed by atoms with Crippen molar-refractivity contribution >= 4 is 11.8 Å². The number of hydrazine groups is 1. The van der Waals surface area contributed by atoms with E-state index in [9.17, 15) is 13.2 Å². The van der Waals surface area contributed by atoms with Crippen LogP contribution in [0.4, 0.5) is 13.2 Å². The molecule has 0 aromatic heterocycles. The van der Waals surface area contributed by atoms with Gasteiger partial charge in [-0.1, -0.05) is 13.8 Å². The number of nitrogens with two attached hydrogens (primary N) is 1. The molecule has 0 aliphatic carbocycles. The van der Waals surface area contributed by atoms with Crippen molar-refractivity contribution in [2.75, 3.05) is 5.75 Å². The van der Waals surface area contributed by atoms with E-state index in [-0.39, 0.29) is 12.5 Å². The molecule has 0 heterocycles. The van der Waals surface area contributed by atoms with Gasteiger partial charge in [0.15, 0.2) is 0 Å². The summed E-state index contributed by atoms with van der Waals surface area (Å²) in [6.07, 6.45) is -3.11. The Hall–Kier alpha value is 0.0600. The third-order valence-electron chi connectivity index (χ3n) is 2.41. The van der Waals surface area contributed by atoms with Gasteiger partial charge in [0.2, 0.25) is 0 Å². The molecule has 0 saturated heterocycles. The van der Waals surface area contributed by atoms with Crippen molar-refractivity contribution in [3.63, 3.8) is 0 Å². The number of alkyl halides is 3. The fourth-order valence-electron chi connectivity index (χ4n) is 1.16. The SMILES string of the molecule is CCC(C)SCC(CCCC(F)(F)F)NN. The Morgan fingerprint density at radius 2 is 2.00 bits per heavy atom. The van der Waals surface area contributed by atoms with Crippen molar-refractivity contribution in [2.45, 2.75) is 57.0 Å². The minimum atomic E-state index is -4.05. The third kappa shape index (κ3) is 9.30. The second-order valence-electron chi connectivity index (χ2n) is 3.92. The first-order valence-corrected chi connectivity index (χ1v) is 6.58. The first-order valence-electron chi connectivity index (χ1n) is 5.53. The highest BCUT2D eigenvalue weighted by Gasteiger charge is 2.26. The van der Waals surface area contributed by atoms with Crippen LogP contribution in [0.5, 0.6) is 0 Å². The Bertz CT molecular complexity index is 176. The maximum atomic E-state index is 11.9. The van der Waals surface area contributed by atoms with E-state index < -0.39 is 12.6 Å². The number of hydrogen-bond donors (Lipinski definition) is 2. The van der Waals surface area contributed by atoms with Gasteiger partial charge < -0.3 is 0 Å². The van der Waals surface area contributed by atoms with E-state index in [0.717, 1.165) is 12.2 Å². The summed E-state index contributed by atoms with van der Waals surface area (Å²) in [4.78, 5) is 0. The number of nitrogens with one attached hydrogen (secondary N) is 1. The Morgan fingerprint density at radius 3 is 2.44 bits per heavy atom. The first kappa shape index (κ1) is 16.1. The second-order valence-corrected chi connectivity index (χ2v) is 5.39. The molecular formula is C10H21F3N2S. The van der Waals surface area contributed by atoms with Crippen molar-refractivity contribution in [2.24, 2.45) is 5.84 Å². The molecular weight excluding hydrogens is 237 g/mol. The standard InChI is InChI=1S/C10H21F3N2S/c1-3-8(2)16-7-9(15-14)5-4-6-10(11,12)13/h8-9,15H,3-7,14H2,1-2H3. The van der Waals surface area contributed by atoms with Gasteiger partial charge in [-0.2, -0.15) is 24.9 Å². The minimum Gasteiger partial charge on any atom is -0.271 e. The van der Waals surface area contributed by atoms with Gasteiger partial charge in [-0.3, -0.25) is 11.3 Å². The summed E-state index contributed by atoms with van der Waals surface area (Å²) in [5.74, 6) is 6.07. The van der Waals surface area contributed by atoms with E-state index in [1.165, 1.54) is 0 Å². The molecule has 0 bridgehead atoms. The van der Waals surface area contributed by atoms with Crippen molar-refractivity contribution in [1.29, 1.82) is 0 Å². The summed E-state index contributed by atoms with van der Waals surface area (Å²) < 4.78 is 35.8. The molecule has 16 heavy (non-hydrogen) atoms. The maximum absolute atomic E-state index is 11.9. The van der Waals surface area contributed by atoms with Crippen LogP contribution in [-0.4, -0.2) is 23.2 Å². The summed E-state index contributed by atoms with van der Waals surface area (Å²) in [6, 6.07) is -0.0265. The fourth-order valence-corrected chi connectivity index (χ4v) is 2.22. The number of halogens is 3. The molecule has 0 saturated carbocycles. The van der Waals surface area contributed by atoms with Gasteiger partial charge in [-0.15, -0.1) is 0 Å². The van der Waals surface area contributed by atoms with E-state index in [1.54, 1.807) is 11.8 Å². The molecule has 0 amide bonds. The van der Waals surface area contributed by atoms with E-state index in [2.05, 4.69) is 19.3 Å². The molecule has 0 fully saturated rings. The number of hydrogen-bond acceptors (Lipinski definition) is 3. The van der Waals surface area contributed by atoms with Crippen molar-refractivity contribution in [1.82, 2.24) is 5.43 Å². The molecule has 3 N–H and O–H groups in total. The molecule has 0 rings (SSSR count). The Morgan fingerprint density at radius 1 is 1.38 bits per heavy atom. The lowest BCUT2D eigenvalue weighted by Crippen LogP contribution is -2.37. The lowest BCUT2D eigenvalue weighted by Gasteiger charge is -2.18. The number of thioether (sulfide) groups is 1. The Labute approximate surface area is 99.5 Å². The zero-order valence-electron chi connectivity index (χ0n) is 9.81. The average molecular weight is 258 g/mol. The van der Waals surface area contributed by atoms with E-state index in [4.69, 9.17) is 5.84 Å². The van der Waals surface area contributed by atoms with Crippen LogP contribution in [0.2, 0.25) is 0 Å². The smallest absolute Gasteiger partial charge is 0.271 e. The van der Waals surface area contributed by atoms with Gasteiger partial charge in [0.1, 0.15) is 0 Å². The quantitative estimate of drug-likeness (QED) is 0.519. The summed E-state index contributed by atoms with van der Waals surface area (Å²) in [7, 11) is 0. The molecule has 2 nitrogen and oxygen atoms in total. The molecule has 6 heteroatoms. The topological polar surface area (TPSA) is 38.0 Å². The van der Waals surface area contributed by atoms with Gasteiger partial charge in [0.25, 0.3) is 0 Å². The second kappa shape index (κ2) is 8.20. The van der Waals surface area contributed by atoms with Gasteiger partial charge in [-0.25, -0.2) is 0 Å². The van der Waals surface area contributed by atoms with E-state index in [1.807, 2.05) is 0 Å². The van der Waals surface area contributed by atoms with Crippen LogP contribution in [0.25, 0.3) is 0 Å². The van der Waals surface area contributed by atoms with Crippen LogP contribution in [0.15, 0.2) is 0 Å². The highest BCUT2D eigenvalue weighted by atomic mass is 32.2. The largest absolute Gasteiger partial charge is 0.389 e. The van der Waals surface area contributed by atoms with Crippen LogP contribution in [0, 0.1) is 0 Å². The van der Waals surface area contributed by atoms with E-state index >= 15 is 0 Å². The first-order chi connectivity index (χ1) is 7.39. The molecule has 0 radical (unpaired) electrons. The zero-order valence-corrected chi connectivity index (χ0v) is 10.6.